The van der Waals surface area contributed by atoms with Gasteiger partial charge in [0, 0.05) is 39.1 Å². The molecule has 1 aliphatic heterocycles. The normalized spacial score (nSPS) is 21.3. The van der Waals surface area contributed by atoms with Crippen LogP contribution in [0.5, 0.6) is 0 Å². The number of hydrogen-bond acceptors (Lipinski definition) is 4. The third-order valence-corrected chi connectivity index (χ3v) is 4.90. The standard InChI is InChI=1S/C14H27N3O2S/c1-13(2)10-16(8-5-7-15)11-14-6-4-9-17(12-14)20(3,18)19/h13-14H,4-6,8-12H2,1-3H3. The van der Waals surface area contributed by atoms with Crippen molar-refractivity contribution in [1.82, 2.24) is 9.21 Å². The third-order valence-electron chi connectivity index (χ3n) is 3.63. The van der Waals surface area contributed by atoms with Gasteiger partial charge in [-0.2, -0.15) is 5.26 Å². The van der Waals surface area contributed by atoms with Crippen LogP contribution in [-0.4, -0.2) is 56.6 Å². The molecule has 0 aliphatic carbocycles. The van der Waals surface area contributed by atoms with Crippen LogP contribution in [0.3, 0.4) is 0 Å². The molecular weight excluding hydrogens is 274 g/mol. The van der Waals surface area contributed by atoms with E-state index in [0.29, 0.717) is 31.3 Å². The molecule has 116 valence electrons. The van der Waals surface area contributed by atoms with Crippen molar-refractivity contribution in [3.05, 3.63) is 0 Å². The average molecular weight is 301 g/mol. The Morgan fingerprint density at radius 1 is 1.45 bits per heavy atom. The maximum Gasteiger partial charge on any atom is 0.211 e. The Morgan fingerprint density at radius 3 is 2.70 bits per heavy atom. The molecular formula is C14H27N3O2S. The average Bonchev–Trinajstić information content (AvgIpc) is 2.34. The Morgan fingerprint density at radius 2 is 2.15 bits per heavy atom. The summed E-state index contributed by atoms with van der Waals surface area (Å²) in [6.07, 6.45) is 3.84. The van der Waals surface area contributed by atoms with E-state index >= 15 is 0 Å². The van der Waals surface area contributed by atoms with Crippen LogP contribution in [-0.2, 0) is 10.0 Å². The first kappa shape index (κ1) is 17.4. The quantitative estimate of drug-likeness (QED) is 0.715. The van der Waals surface area contributed by atoms with Gasteiger partial charge in [-0.1, -0.05) is 13.8 Å². The molecule has 0 radical (unpaired) electrons. The summed E-state index contributed by atoms with van der Waals surface area (Å²) in [5.74, 6) is 0.944. The summed E-state index contributed by atoms with van der Waals surface area (Å²) in [5.41, 5.74) is 0. The van der Waals surface area contributed by atoms with E-state index in [9.17, 15) is 8.42 Å². The number of hydrogen-bond donors (Lipinski definition) is 0. The number of rotatable bonds is 7. The lowest BCUT2D eigenvalue weighted by atomic mass is 9.98. The van der Waals surface area contributed by atoms with Gasteiger partial charge in [-0.3, -0.25) is 0 Å². The summed E-state index contributed by atoms with van der Waals surface area (Å²) in [6, 6.07) is 2.19. The molecule has 6 heteroatoms. The maximum atomic E-state index is 11.6. The first-order chi connectivity index (χ1) is 9.32. The molecule has 0 spiro atoms. The highest BCUT2D eigenvalue weighted by Gasteiger charge is 2.27. The number of nitrogens with zero attached hydrogens (tertiary/aromatic N) is 3. The highest BCUT2D eigenvalue weighted by Crippen LogP contribution is 2.20. The minimum absolute atomic E-state index is 0.385. The van der Waals surface area contributed by atoms with Gasteiger partial charge < -0.3 is 4.90 Å². The summed E-state index contributed by atoms with van der Waals surface area (Å²) < 4.78 is 24.9. The van der Waals surface area contributed by atoms with Crippen LogP contribution in [0.25, 0.3) is 0 Å². The minimum Gasteiger partial charge on any atom is -0.302 e. The zero-order valence-corrected chi connectivity index (χ0v) is 13.7. The predicted octanol–water partition coefficient (Wildman–Crippen LogP) is 1.53. The van der Waals surface area contributed by atoms with Gasteiger partial charge >= 0.3 is 0 Å². The van der Waals surface area contributed by atoms with Crippen molar-refractivity contribution < 1.29 is 8.42 Å². The summed E-state index contributed by atoms with van der Waals surface area (Å²) in [7, 11) is -3.07. The van der Waals surface area contributed by atoms with Gasteiger partial charge in [0.2, 0.25) is 10.0 Å². The van der Waals surface area contributed by atoms with Crippen molar-refractivity contribution >= 4 is 10.0 Å². The summed E-state index contributed by atoms with van der Waals surface area (Å²) in [6.45, 7) is 8.26. The summed E-state index contributed by atoms with van der Waals surface area (Å²) in [4.78, 5) is 2.31. The first-order valence-corrected chi connectivity index (χ1v) is 9.22. The molecule has 0 amide bonds. The first-order valence-electron chi connectivity index (χ1n) is 7.37. The van der Waals surface area contributed by atoms with Gasteiger partial charge in [0.15, 0.2) is 0 Å². The Bertz CT molecular complexity index is 428. The molecule has 0 bridgehead atoms. The van der Waals surface area contributed by atoms with E-state index in [1.54, 1.807) is 4.31 Å². The van der Waals surface area contributed by atoms with Gasteiger partial charge in [0.05, 0.1) is 12.3 Å². The molecule has 1 unspecified atom stereocenters. The molecule has 0 N–H and O–H groups in total. The van der Waals surface area contributed by atoms with Crippen molar-refractivity contribution in [2.24, 2.45) is 11.8 Å². The molecule has 1 rings (SSSR count). The fraction of sp³-hybridized carbons (Fsp3) is 0.929. The smallest absolute Gasteiger partial charge is 0.211 e. The van der Waals surface area contributed by atoms with Crippen molar-refractivity contribution in [2.45, 2.75) is 33.1 Å². The minimum atomic E-state index is -3.07. The lowest BCUT2D eigenvalue weighted by Gasteiger charge is -2.34. The van der Waals surface area contributed by atoms with E-state index < -0.39 is 10.0 Å². The Labute approximate surface area is 123 Å². The van der Waals surface area contributed by atoms with Crippen molar-refractivity contribution in [3.8, 4) is 6.07 Å². The van der Waals surface area contributed by atoms with Gasteiger partial charge in [-0.25, -0.2) is 12.7 Å². The molecule has 0 aromatic rings. The fourth-order valence-electron chi connectivity index (χ4n) is 2.82. The monoisotopic (exact) mass is 301 g/mol. The van der Waals surface area contributed by atoms with Gasteiger partial charge in [-0.15, -0.1) is 0 Å². The van der Waals surface area contributed by atoms with Gasteiger partial charge in [0.25, 0.3) is 0 Å². The molecule has 0 aromatic carbocycles. The van der Waals surface area contributed by atoms with Crippen LogP contribution in [0.15, 0.2) is 0 Å². The highest BCUT2D eigenvalue weighted by atomic mass is 32.2. The molecule has 20 heavy (non-hydrogen) atoms. The topological polar surface area (TPSA) is 64.4 Å². The Balaban J connectivity index is 2.56. The number of piperidine rings is 1. The SMILES string of the molecule is CC(C)CN(CCC#N)CC1CCCN(S(C)(=O)=O)C1. The zero-order valence-electron chi connectivity index (χ0n) is 12.9. The van der Waals surface area contributed by atoms with Crippen LogP contribution < -0.4 is 0 Å². The Hall–Kier alpha value is -0.640. The van der Waals surface area contributed by atoms with E-state index in [-0.39, 0.29) is 0 Å². The molecule has 1 saturated heterocycles. The maximum absolute atomic E-state index is 11.6. The molecule has 5 nitrogen and oxygen atoms in total. The molecule has 0 saturated carbocycles. The van der Waals surface area contributed by atoms with E-state index in [1.807, 2.05) is 0 Å². The molecule has 1 fully saturated rings. The van der Waals surface area contributed by atoms with Gasteiger partial charge in [0.1, 0.15) is 0 Å². The zero-order chi connectivity index (χ0) is 15.2. The largest absolute Gasteiger partial charge is 0.302 e. The molecule has 1 heterocycles. The molecule has 0 aromatic heterocycles. The second-order valence-electron chi connectivity index (χ2n) is 6.19. The number of nitriles is 1. The van der Waals surface area contributed by atoms with Crippen LogP contribution in [0.4, 0.5) is 0 Å². The van der Waals surface area contributed by atoms with E-state index in [2.05, 4.69) is 24.8 Å². The van der Waals surface area contributed by atoms with Crippen molar-refractivity contribution in [1.29, 1.82) is 5.26 Å². The number of sulfonamides is 1. The highest BCUT2D eigenvalue weighted by molar-refractivity contribution is 7.88. The Kier molecular flexibility index (Phi) is 6.93. The van der Waals surface area contributed by atoms with E-state index in [0.717, 1.165) is 32.5 Å². The van der Waals surface area contributed by atoms with Crippen LogP contribution in [0, 0.1) is 23.2 Å². The summed E-state index contributed by atoms with van der Waals surface area (Å²) in [5, 5.41) is 8.74. The lowest BCUT2D eigenvalue weighted by Crippen LogP contribution is -2.44. The van der Waals surface area contributed by atoms with Crippen LogP contribution >= 0.6 is 0 Å². The van der Waals surface area contributed by atoms with E-state index in [4.69, 9.17) is 5.26 Å². The second kappa shape index (κ2) is 7.96. The van der Waals surface area contributed by atoms with Crippen molar-refractivity contribution in [3.63, 3.8) is 0 Å². The van der Waals surface area contributed by atoms with Gasteiger partial charge in [-0.05, 0) is 24.7 Å². The predicted molar refractivity (Wildman–Crippen MR) is 80.6 cm³/mol. The summed E-state index contributed by atoms with van der Waals surface area (Å²) >= 11 is 0. The van der Waals surface area contributed by atoms with Crippen LogP contribution in [0.2, 0.25) is 0 Å². The third kappa shape index (κ3) is 6.21. The van der Waals surface area contributed by atoms with E-state index in [1.165, 1.54) is 6.26 Å². The van der Waals surface area contributed by atoms with Crippen molar-refractivity contribution in [2.75, 3.05) is 39.0 Å². The lowest BCUT2D eigenvalue weighted by molar-refractivity contribution is 0.168. The fourth-order valence-corrected chi connectivity index (χ4v) is 3.77. The second-order valence-corrected chi connectivity index (χ2v) is 8.17. The molecule has 1 atom stereocenters. The molecule has 1 aliphatic rings. The van der Waals surface area contributed by atoms with Crippen LogP contribution in [0.1, 0.15) is 33.1 Å².